The zero-order valence-electron chi connectivity index (χ0n) is 9.03. The van der Waals surface area contributed by atoms with Gasteiger partial charge in [-0.2, -0.15) is 5.10 Å². The summed E-state index contributed by atoms with van der Waals surface area (Å²) in [6.45, 7) is 6.30. The van der Waals surface area contributed by atoms with Gasteiger partial charge in [-0.25, -0.2) is 0 Å². The van der Waals surface area contributed by atoms with Crippen LogP contribution in [0.1, 0.15) is 26.5 Å². The molecule has 0 bridgehead atoms. The van der Waals surface area contributed by atoms with Gasteiger partial charge < -0.3 is 10.3 Å². The average Bonchev–Trinajstić information content (AvgIpc) is 2.68. The highest BCUT2D eigenvalue weighted by Gasteiger charge is 2.22. The summed E-state index contributed by atoms with van der Waals surface area (Å²) >= 11 is 0. The molecule has 2 heterocycles. The monoisotopic (exact) mass is 206 g/mol. The van der Waals surface area contributed by atoms with E-state index in [1.54, 1.807) is 12.3 Å². The summed E-state index contributed by atoms with van der Waals surface area (Å²) in [6.07, 6.45) is 1.72. The lowest BCUT2D eigenvalue weighted by atomic mass is 9.89. The quantitative estimate of drug-likeness (QED) is 0.747. The number of rotatable bonds is 1. The fourth-order valence-corrected chi connectivity index (χ4v) is 1.46. The maximum Gasteiger partial charge on any atom is 0.172 e. The zero-order valence-corrected chi connectivity index (χ0v) is 9.03. The molecule has 0 saturated heterocycles. The number of aromatic amines is 1. The van der Waals surface area contributed by atoms with Gasteiger partial charge in [0, 0.05) is 11.5 Å². The zero-order chi connectivity index (χ0) is 11.1. The topological polar surface area (TPSA) is 80.7 Å². The molecule has 0 saturated carbocycles. The maximum absolute atomic E-state index is 5.51. The van der Waals surface area contributed by atoms with E-state index in [9.17, 15) is 0 Å². The minimum Gasteiger partial charge on any atom is -0.381 e. The van der Waals surface area contributed by atoms with Gasteiger partial charge in [0.05, 0.1) is 17.5 Å². The van der Waals surface area contributed by atoms with E-state index in [0.29, 0.717) is 11.6 Å². The van der Waals surface area contributed by atoms with Crippen molar-refractivity contribution >= 4 is 5.82 Å². The van der Waals surface area contributed by atoms with Crippen LogP contribution in [0.5, 0.6) is 0 Å². The summed E-state index contributed by atoms with van der Waals surface area (Å²) < 4.78 is 5.11. The molecule has 0 spiro atoms. The Morgan fingerprint density at radius 1 is 1.40 bits per heavy atom. The predicted molar refractivity (Wildman–Crippen MR) is 57.2 cm³/mol. The summed E-state index contributed by atoms with van der Waals surface area (Å²) in [5.41, 5.74) is 7.41. The van der Waals surface area contributed by atoms with Gasteiger partial charge in [-0.05, 0) is 0 Å². The molecule has 15 heavy (non-hydrogen) atoms. The van der Waals surface area contributed by atoms with E-state index >= 15 is 0 Å². The number of hydrogen-bond donors (Lipinski definition) is 2. The van der Waals surface area contributed by atoms with Crippen LogP contribution in [0.4, 0.5) is 5.82 Å². The summed E-state index contributed by atoms with van der Waals surface area (Å²) in [6, 6.07) is 1.69. The highest BCUT2D eigenvalue weighted by Crippen LogP contribution is 2.31. The highest BCUT2D eigenvalue weighted by atomic mass is 16.5. The van der Waals surface area contributed by atoms with Crippen LogP contribution in [-0.2, 0) is 5.41 Å². The van der Waals surface area contributed by atoms with Crippen LogP contribution in [-0.4, -0.2) is 15.4 Å². The molecule has 3 N–H and O–H groups in total. The van der Waals surface area contributed by atoms with Gasteiger partial charge in [0.2, 0.25) is 0 Å². The molecular formula is C10H14N4O. The van der Waals surface area contributed by atoms with Crippen molar-refractivity contribution in [3.05, 3.63) is 18.0 Å². The lowest BCUT2D eigenvalue weighted by Gasteiger charge is -2.17. The summed E-state index contributed by atoms with van der Waals surface area (Å²) in [5.74, 6) is 1.03. The first kappa shape index (κ1) is 9.76. The van der Waals surface area contributed by atoms with Gasteiger partial charge in [0.15, 0.2) is 11.6 Å². The van der Waals surface area contributed by atoms with E-state index in [4.69, 9.17) is 10.3 Å². The Labute approximate surface area is 87.7 Å². The molecule has 0 unspecified atom stereocenters. The highest BCUT2D eigenvalue weighted by molar-refractivity contribution is 5.62. The number of H-pyrrole nitrogens is 1. The lowest BCUT2D eigenvalue weighted by molar-refractivity contribution is 0.434. The standard InChI is InChI=1S/C10H14N4O/c1-10(2,3)9-6(5-12-13-9)7-4-8(11)14-15-7/h4-5H,1-3H3,(H2,11,14)(H,12,13). The second kappa shape index (κ2) is 3.12. The van der Waals surface area contributed by atoms with Crippen molar-refractivity contribution in [2.75, 3.05) is 5.73 Å². The van der Waals surface area contributed by atoms with Crippen LogP contribution in [0.25, 0.3) is 11.3 Å². The fraction of sp³-hybridized carbons (Fsp3) is 0.400. The van der Waals surface area contributed by atoms with Crippen molar-refractivity contribution in [3.63, 3.8) is 0 Å². The minimum atomic E-state index is -0.0205. The molecule has 5 nitrogen and oxygen atoms in total. The van der Waals surface area contributed by atoms with Crippen molar-refractivity contribution < 1.29 is 4.52 Å². The molecule has 2 aromatic rings. The molecule has 80 valence electrons. The average molecular weight is 206 g/mol. The van der Waals surface area contributed by atoms with E-state index in [-0.39, 0.29) is 5.41 Å². The predicted octanol–water partition coefficient (Wildman–Crippen LogP) is 1.94. The van der Waals surface area contributed by atoms with E-state index < -0.39 is 0 Å². The molecule has 0 aliphatic rings. The van der Waals surface area contributed by atoms with Crippen LogP contribution in [0.2, 0.25) is 0 Å². The fourth-order valence-electron chi connectivity index (χ4n) is 1.46. The maximum atomic E-state index is 5.51. The second-order valence-electron chi connectivity index (χ2n) is 4.52. The van der Waals surface area contributed by atoms with Gasteiger partial charge in [-0.15, -0.1) is 0 Å². The van der Waals surface area contributed by atoms with Crippen LogP contribution >= 0.6 is 0 Å². The van der Waals surface area contributed by atoms with E-state index in [1.807, 2.05) is 0 Å². The Kier molecular flexibility index (Phi) is 2.03. The Morgan fingerprint density at radius 3 is 2.67 bits per heavy atom. The molecule has 0 fully saturated rings. The lowest BCUT2D eigenvalue weighted by Crippen LogP contribution is -2.12. The third-order valence-corrected chi connectivity index (χ3v) is 2.18. The molecule has 0 aliphatic heterocycles. The second-order valence-corrected chi connectivity index (χ2v) is 4.52. The van der Waals surface area contributed by atoms with Gasteiger partial charge in [0.1, 0.15) is 0 Å². The molecule has 0 aromatic carbocycles. The van der Waals surface area contributed by atoms with E-state index in [2.05, 4.69) is 36.1 Å². The molecule has 0 aliphatic carbocycles. The first-order chi connectivity index (χ1) is 6.98. The van der Waals surface area contributed by atoms with Crippen LogP contribution < -0.4 is 5.73 Å². The number of anilines is 1. The first-order valence-corrected chi connectivity index (χ1v) is 4.75. The van der Waals surface area contributed by atoms with Crippen molar-refractivity contribution in [2.24, 2.45) is 0 Å². The van der Waals surface area contributed by atoms with Crippen LogP contribution in [0.15, 0.2) is 16.8 Å². The molecule has 2 aromatic heterocycles. The van der Waals surface area contributed by atoms with Crippen LogP contribution in [0.3, 0.4) is 0 Å². The molecule has 5 heteroatoms. The largest absolute Gasteiger partial charge is 0.381 e. The molecule has 2 rings (SSSR count). The number of nitrogens with zero attached hydrogens (tertiary/aromatic N) is 2. The SMILES string of the molecule is CC(C)(C)c1[nH]ncc1-c1cc(N)no1. The van der Waals surface area contributed by atoms with Gasteiger partial charge >= 0.3 is 0 Å². The summed E-state index contributed by atoms with van der Waals surface area (Å²) in [5, 5.41) is 10.7. The number of aromatic nitrogens is 3. The third-order valence-electron chi connectivity index (χ3n) is 2.18. The Balaban J connectivity index is 2.50. The molecular weight excluding hydrogens is 192 g/mol. The molecule has 0 amide bonds. The van der Waals surface area contributed by atoms with Gasteiger partial charge in [-0.3, -0.25) is 5.10 Å². The van der Waals surface area contributed by atoms with Gasteiger partial charge in [-0.1, -0.05) is 25.9 Å². The Hall–Kier alpha value is -1.78. The van der Waals surface area contributed by atoms with E-state index in [1.165, 1.54) is 0 Å². The molecule has 0 atom stereocenters. The number of nitrogen functional groups attached to an aromatic ring is 1. The first-order valence-electron chi connectivity index (χ1n) is 4.75. The number of hydrogen-bond acceptors (Lipinski definition) is 4. The van der Waals surface area contributed by atoms with Crippen LogP contribution in [0, 0.1) is 0 Å². The van der Waals surface area contributed by atoms with Crippen molar-refractivity contribution in [1.82, 2.24) is 15.4 Å². The normalized spacial score (nSPS) is 11.9. The number of nitrogens with two attached hydrogens (primary N) is 1. The smallest absolute Gasteiger partial charge is 0.172 e. The van der Waals surface area contributed by atoms with E-state index in [0.717, 1.165) is 11.3 Å². The van der Waals surface area contributed by atoms with Gasteiger partial charge in [0.25, 0.3) is 0 Å². The molecule has 0 radical (unpaired) electrons. The Bertz CT molecular complexity index is 464. The third kappa shape index (κ3) is 1.72. The Morgan fingerprint density at radius 2 is 2.13 bits per heavy atom. The summed E-state index contributed by atoms with van der Waals surface area (Å²) in [7, 11) is 0. The minimum absolute atomic E-state index is 0.0205. The number of nitrogens with one attached hydrogen (secondary N) is 1. The van der Waals surface area contributed by atoms with Crippen molar-refractivity contribution in [3.8, 4) is 11.3 Å². The van der Waals surface area contributed by atoms with Crippen molar-refractivity contribution in [2.45, 2.75) is 26.2 Å². The summed E-state index contributed by atoms with van der Waals surface area (Å²) in [4.78, 5) is 0. The van der Waals surface area contributed by atoms with Crippen molar-refractivity contribution in [1.29, 1.82) is 0 Å².